The smallest absolute Gasteiger partial charge is 0.239 e. The number of nitrogens with one attached hydrogen (secondary N) is 1. The molecular weight excluding hydrogens is 379 g/mol. The molecule has 1 heterocycles. The number of piperazine rings is 1. The highest BCUT2D eigenvalue weighted by atomic mass is 19.1. The summed E-state index contributed by atoms with van der Waals surface area (Å²) < 4.78 is 14.3. The molecule has 0 saturated carbocycles. The fraction of sp³-hybridized carbons (Fsp3) is 0.250. The average Bonchev–Trinajstić information content (AvgIpc) is 2.77. The van der Waals surface area contributed by atoms with Gasteiger partial charge < -0.3 is 15.1 Å². The van der Waals surface area contributed by atoms with Crippen molar-refractivity contribution >= 4 is 23.0 Å². The summed E-state index contributed by atoms with van der Waals surface area (Å²) in [6, 6.07) is 14.5. The molecule has 3 rings (SSSR count). The molecule has 2 aromatic carbocycles. The largest absolute Gasteiger partial charge is 0.360 e. The van der Waals surface area contributed by atoms with Gasteiger partial charge in [0.15, 0.2) is 0 Å². The monoisotopic (exact) mass is 404 g/mol. The van der Waals surface area contributed by atoms with Crippen LogP contribution in [-0.4, -0.2) is 32.6 Å². The Labute approximate surface area is 176 Å². The van der Waals surface area contributed by atoms with E-state index in [1.165, 1.54) is 12.1 Å². The molecule has 1 aliphatic heterocycles. The van der Waals surface area contributed by atoms with Crippen LogP contribution in [0.4, 0.5) is 15.8 Å². The van der Waals surface area contributed by atoms with Gasteiger partial charge in [0.05, 0.1) is 12.1 Å². The zero-order chi connectivity index (χ0) is 21.7. The van der Waals surface area contributed by atoms with Crippen molar-refractivity contribution in [1.82, 2.24) is 5.32 Å². The molecule has 0 spiro atoms. The van der Waals surface area contributed by atoms with Crippen molar-refractivity contribution in [3.63, 3.8) is 0 Å². The van der Waals surface area contributed by atoms with Crippen LogP contribution in [0, 0.1) is 17.1 Å². The molecule has 30 heavy (non-hydrogen) atoms. The predicted octanol–water partition coefficient (Wildman–Crippen LogP) is 4.08. The highest BCUT2D eigenvalue weighted by Gasteiger charge is 2.17. The topological polar surface area (TPSA) is 59.4 Å². The fourth-order valence-electron chi connectivity index (χ4n) is 3.32. The number of allylic oxidation sites excluding steroid dienone is 3. The zero-order valence-electron chi connectivity index (χ0n) is 17.4. The average molecular weight is 404 g/mol. The summed E-state index contributed by atoms with van der Waals surface area (Å²) in [5.41, 5.74) is 4.49. The molecule has 1 N–H and O–H groups in total. The van der Waals surface area contributed by atoms with E-state index in [1.54, 1.807) is 6.07 Å². The molecule has 1 fully saturated rings. The van der Waals surface area contributed by atoms with Crippen LogP contribution in [0.25, 0.3) is 5.70 Å². The summed E-state index contributed by atoms with van der Waals surface area (Å²) >= 11 is 0. The van der Waals surface area contributed by atoms with E-state index in [-0.39, 0.29) is 11.5 Å². The van der Waals surface area contributed by atoms with Crippen LogP contribution < -0.4 is 15.1 Å². The minimum atomic E-state index is -0.536. The first kappa shape index (κ1) is 21.1. The number of nitriles is 1. The number of rotatable bonds is 5. The van der Waals surface area contributed by atoms with Crippen LogP contribution in [0.15, 0.2) is 60.2 Å². The molecule has 1 saturated heterocycles. The van der Waals surface area contributed by atoms with E-state index >= 15 is 0 Å². The Balaban J connectivity index is 1.92. The molecular formula is C24H25FN4O. The van der Waals surface area contributed by atoms with Gasteiger partial charge in [0, 0.05) is 42.8 Å². The molecule has 1 aliphatic rings. The Hall–Kier alpha value is -3.59. The summed E-state index contributed by atoms with van der Waals surface area (Å²) in [6.45, 7) is 5.70. The van der Waals surface area contributed by atoms with Crippen molar-refractivity contribution in [1.29, 1.82) is 5.26 Å². The highest BCUT2D eigenvalue weighted by Crippen LogP contribution is 2.29. The van der Waals surface area contributed by atoms with Gasteiger partial charge in [-0.2, -0.15) is 5.26 Å². The summed E-state index contributed by atoms with van der Waals surface area (Å²) in [6.07, 6.45) is 3.97. The molecule has 0 aromatic heterocycles. The second kappa shape index (κ2) is 9.27. The summed E-state index contributed by atoms with van der Waals surface area (Å²) in [4.78, 5) is 15.7. The van der Waals surface area contributed by atoms with Crippen LogP contribution in [0.5, 0.6) is 0 Å². The first-order chi connectivity index (χ1) is 14.4. The third kappa shape index (κ3) is 4.69. The number of hydrogen-bond acceptors (Lipinski definition) is 4. The second-order valence-electron chi connectivity index (χ2n) is 7.22. The second-order valence-corrected chi connectivity index (χ2v) is 7.22. The summed E-state index contributed by atoms with van der Waals surface area (Å²) in [5, 5.41) is 11.8. The molecule has 5 nitrogen and oxygen atoms in total. The zero-order valence-corrected chi connectivity index (χ0v) is 17.4. The summed E-state index contributed by atoms with van der Waals surface area (Å²) in [7, 11) is 1.92. The first-order valence-corrected chi connectivity index (χ1v) is 9.83. The van der Waals surface area contributed by atoms with Crippen molar-refractivity contribution < 1.29 is 9.18 Å². The maximum absolute atomic E-state index is 14.3. The molecule has 0 radical (unpaired) electrons. The van der Waals surface area contributed by atoms with Gasteiger partial charge in [-0.15, -0.1) is 0 Å². The molecule has 0 unspecified atom stereocenters. The van der Waals surface area contributed by atoms with Crippen LogP contribution in [0.3, 0.4) is 0 Å². The number of hydrogen-bond donors (Lipinski definition) is 1. The molecule has 0 atom stereocenters. The molecule has 6 heteroatoms. The van der Waals surface area contributed by atoms with Gasteiger partial charge in [0.1, 0.15) is 11.9 Å². The Bertz CT molecular complexity index is 1030. The standard InChI is InChI=1S/C24H25FN4O/c1-4-17(2)13-23(18-5-6-19(15-26)22(25)14-18)28(3)20-7-9-21(10-8-20)29-12-11-27-24(30)16-29/h4-10,13-14H,11-12,16H2,1-3H3,(H,27,30)/b17-4-,23-13-. The number of carbonyl (C=O) groups is 1. The van der Waals surface area contributed by atoms with Gasteiger partial charge in [0.25, 0.3) is 0 Å². The Morgan fingerprint density at radius 2 is 2.00 bits per heavy atom. The molecule has 0 bridgehead atoms. The maximum Gasteiger partial charge on any atom is 0.239 e. The lowest BCUT2D eigenvalue weighted by atomic mass is 10.0. The van der Waals surface area contributed by atoms with Crippen LogP contribution in [-0.2, 0) is 4.79 Å². The molecule has 2 aromatic rings. The minimum absolute atomic E-state index is 0.0253. The summed E-state index contributed by atoms with van der Waals surface area (Å²) in [5.74, 6) is -0.511. The van der Waals surface area contributed by atoms with Gasteiger partial charge >= 0.3 is 0 Å². The van der Waals surface area contributed by atoms with Crippen LogP contribution in [0.2, 0.25) is 0 Å². The van der Waals surface area contributed by atoms with Gasteiger partial charge in [0.2, 0.25) is 5.91 Å². The van der Waals surface area contributed by atoms with Crippen molar-refractivity contribution in [3.05, 3.63) is 77.1 Å². The van der Waals surface area contributed by atoms with E-state index in [0.29, 0.717) is 18.7 Å². The number of halogens is 1. The lowest BCUT2D eigenvalue weighted by molar-refractivity contribution is -0.120. The quantitative estimate of drug-likeness (QED) is 0.763. The van der Waals surface area contributed by atoms with Crippen molar-refractivity contribution in [2.45, 2.75) is 13.8 Å². The number of anilines is 2. The van der Waals surface area contributed by atoms with Crippen LogP contribution >= 0.6 is 0 Å². The maximum atomic E-state index is 14.3. The van der Waals surface area contributed by atoms with E-state index in [9.17, 15) is 9.18 Å². The van der Waals surface area contributed by atoms with Crippen molar-refractivity contribution in [3.8, 4) is 6.07 Å². The Morgan fingerprint density at radius 3 is 2.60 bits per heavy atom. The lowest BCUT2D eigenvalue weighted by Crippen LogP contribution is -2.47. The van der Waals surface area contributed by atoms with Crippen molar-refractivity contribution in [2.75, 3.05) is 36.5 Å². The van der Waals surface area contributed by atoms with Gasteiger partial charge in [-0.1, -0.05) is 17.7 Å². The van der Waals surface area contributed by atoms with Gasteiger partial charge in [-0.3, -0.25) is 4.79 Å². The number of amides is 1. The van der Waals surface area contributed by atoms with E-state index < -0.39 is 5.82 Å². The normalized spacial score (nSPS) is 14.9. The van der Waals surface area contributed by atoms with E-state index in [1.807, 2.05) is 73.2 Å². The number of carbonyl (C=O) groups excluding carboxylic acids is 1. The minimum Gasteiger partial charge on any atom is -0.360 e. The van der Waals surface area contributed by atoms with E-state index in [0.717, 1.165) is 29.2 Å². The van der Waals surface area contributed by atoms with E-state index in [4.69, 9.17) is 5.26 Å². The third-order valence-corrected chi connectivity index (χ3v) is 5.21. The third-order valence-electron chi connectivity index (χ3n) is 5.21. The number of nitrogens with zero attached hydrogens (tertiary/aromatic N) is 3. The lowest BCUT2D eigenvalue weighted by Gasteiger charge is -2.29. The van der Waals surface area contributed by atoms with Crippen LogP contribution in [0.1, 0.15) is 25.0 Å². The highest BCUT2D eigenvalue weighted by molar-refractivity contribution is 5.83. The number of benzene rings is 2. The van der Waals surface area contributed by atoms with E-state index in [2.05, 4.69) is 5.32 Å². The van der Waals surface area contributed by atoms with Gasteiger partial charge in [-0.25, -0.2) is 4.39 Å². The molecule has 1 amide bonds. The van der Waals surface area contributed by atoms with Crippen molar-refractivity contribution in [2.24, 2.45) is 0 Å². The Morgan fingerprint density at radius 1 is 1.27 bits per heavy atom. The Kier molecular flexibility index (Phi) is 6.53. The fourth-order valence-corrected chi connectivity index (χ4v) is 3.32. The predicted molar refractivity (Wildman–Crippen MR) is 119 cm³/mol. The first-order valence-electron chi connectivity index (χ1n) is 9.83. The SMILES string of the molecule is C/C=C(C)\C=C(\c1ccc(C#N)c(F)c1)N(C)c1ccc(N2CCNC(=O)C2)cc1. The molecule has 154 valence electrons. The van der Waals surface area contributed by atoms with Gasteiger partial charge in [-0.05, 0) is 56.3 Å². The molecule has 0 aliphatic carbocycles.